The number of anilines is 6. The lowest BCUT2D eigenvalue weighted by Gasteiger charge is -2.53. The van der Waals surface area contributed by atoms with Crippen molar-refractivity contribution in [1.29, 1.82) is 0 Å². The minimum atomic E-state index is -2.76. The molecule has 15 nitrogen and oxygen atoms in total. The molecule has 2 amide bonds. The number of methoxy groups -OCH3 is 1. The van der Waals surface area contributed by atoms with Crippen LogP contribution >= 0.6 is 23.1 Å². The van der Waals surface area contributed by atoms with Gasteiger partial charge in [0.1, 0.15) is 24.2 Å². The Labute approximate surface area is 395 Å². The number of hydrogen-bond acceptors (Lipinski definition) is 14. The molecule has 1 aliphatic carbocycles. The average Bonchev–Trinajstić information content (AvgIpc) is 3.30. The largest absolute Gasteiger partial charge is 0.494 e. The van der Waals surface area contributed by atoms with Crippen LogP contribution < -0.4 is 46.4 Å². The lowest BCUT2D eigenvalue weighted by molar-refractivity contribution is -0.134. The predicted octanol–water partition coefficient (Wildman–Crippen LogP) is 7.61. The zero-order valence-electron chi connectivity index (χ0n) is 38.3. The summed E-state index contributed by atoms with van der Waals surface area (Å²) in [5.41, 5.74) is 7.80. The van der Waals surface area contributed by atoms with Crippen molar-refractivity contribution in [2.24, 2.45) is 5.41 Å². The van der Waals surface area contributed by atoms with Gasteiger partial charge in [-0.2, -0.15) is 4.98 Å². The van der Waals surface area contributed by atoms with E-state index in [4.69, 9.17) is 9.72 Å². The van der Waals surface area contributed by atoms with Gasteiger partial charge in [0, 0.05) is 93.8 Å². The molecule has 1 atom stereocenters. The molecule has 5 aromatic rings. The molecule has 0 radical (unpaired) electrons. The summed E-state index contributed by atoms with van der Waals surface area (Å²) < 4.78 is 20.1. The molecule has 3 aromatic carbocycles. The molecule has 9 rings (SSSR count). The van der Waals surface area contributed by atoms with Crippen molar-refractivity contribution in [3.8, 4) is 5.75 Å². The molecule has 3 saturated heterocycles. The Morgan fingerprint density at radius 3 is 2.29 bits per heavy atom. The molecule has 66 heavy (non-hydrogen) atoms. The van der Waals surface area contributed by atoms with Crippen LogP contribution in [0, 0.1) is 5.41 Å². The fourth-order valence-electron chi connectivity index (χ4n) is 10.5. The second kappa shape index (κ2) is 19.6. The summed E-state index contributed by atoms with van der Waals surface area (Å²) in [6, 6.07) is 17.5. The minimum absolute atomic E-state index is 0.173. The highest BCUT2D eigenvalue weighted by atomic mass is 79.9. The zero-order chi connectivity index (χ0) is 46.0. The van der Waals surface area contributed by atoms with Gasteiger partial charge in [0.25, 0.3) is 0 Å². The summed E-state index contributed by atoms with van der Waals surface area (Å²) in [5, 5.41) is 17.6. The summed E-state index contributed by atoms with van der Waals surface area (Å²) in [6.07, 6.45) is 13.9. The number of carbonyl (C=O) groups is 2. The summed E-state index contributed by atoms with van der Waals surface area (Å²) in [4.78, 5) is 47.2. The van der Waals surface area contributed by atoms with Crippen molar-refractivity contribution in [3.63, 3.8) is 0 Å². The number of nitrogens with zero attached hydrogens (tertiary/aromatic N) is 6. The van der Waals surface area contributed by atoms with Gasteiger partial charge in [-0.1, -0.05) is 19.1 Å². The lowest BCUT2D eigenvalue weighted by Crippen LogP contribution is -2.55. The molecule has 5 heterocycles. The Kier molecular flexibility index (Phi) is 13.7. The molecule has 5 N–H and O–H groups in total. The van der Waals surface area contributed by atoms with Crippen molar-refractivity contribution in [3.05, 3.63) is 82.7 Å². The van der Waals surface area contributed by atoms with Crippen LogP contribution in [0.25, 0.3) is 11.0 Å². The summed E-state index contributed by atoms with van der Waals surface area (Å²) in [7, 11) is -1.08. The number of halogens is 1. The van der Waals surface area contributed by atoms with Gasteiger partial charge >= 0.3 is 0 Å². The third-order valence-corrected chi connectivity index (χ3v) is 16.2. The van der Waals surface area contributed by atoms with E-state index >= 15 is 0 Å². The molecule has 1 unspecified atom stereocenters. The van der Waals surface area contributed by atoms with Crippen LogP contribution in [0.1, 0.15) is 75.3 Å². The van der Waals surface area contributed by atoms with E-state index in [1.807, 2.05) is 12.1 Å². The highest BCUT2D eigenvalue weighted by Crippen LogP contribution is 2.50. The number of ether oxygens (including phenoxy) is 1. The van der Waals surface area contributed by atoms with Gasteiger partial charge in [-0.05, 0) is 127 Å². The first-order chi connectivity index (χ1) is 31.9. The van der Waals surface area contributed by atoms with Gasteiger partial charge in [0.15, 0.2) is 0 Å². The number of imide groups is 1. The van der Waals surface area contributed by atoms with E-state index < -0.39 is 7.14 Å². The van der Waals surface area contributed by atoms with E-state index in [0.717, 1.165) is 69.8 Å². The van der Waals surface area contributed by atoms with Crippen LogP contribution in [0.15, 0.2) is 71.6 Å². The van der Waals surface area contributed by atoms with Gasteiger partial charge < -0.3 is 40.4 Å². The van der Waals surface area contributed by atoms with Gasteiger partial charge in [-0.25, -0.2) is 4.98 Å². The smallest absolute Gasteiger partial charge is 0.234 e. The summed E-state index contributed by atoms with van der Waals surface area (Å²) >= 11 is 3.60. The van der Waals surface area contributed by atoms with Gasteiger partial charge in [-0.15, -0.1) is 0 Å². The van der Waals surface area contributed by atoms with E-state index in [1.165, 1.54) is 42.6 Å². The predicted molar refractivity (Wildman–Crippen MR) is 267 cm³/mol. The number of aromatic nitrogens is 4. The van der Waals surface area contributed by atoms with Crippen molar-refractivity contribution in [2.75, 3.05) is 80.1 Å². The third-order valence-electron chi connectivity index (χ3n) is 14.1. The van der Waals surface area contributed by atoms with Crippen LogP contribution in [0.3, 0.4) is 0 Å². The Balaban J connectivity index is 0.729. The van der Waals surface area contributed by atoms with Gasteiger partial charge in [0.2, 0.25) is 17.8 Å². The number of benzene rings is 3. The number of aryl methyl sites for hydroxylation is 1. The Morgan fingerprint density at radius 2 is 1.59 bits per heavy atom. The van der Waals surface area contributed by atoms with Crippen LogP contribution in [0.4, 0.5) is 34.5 Å². The van der Waals surface area contributed by atoms with Crippen LogP contribution in [0.2, 0.25) is 0 Å². The van der Waals surface area contributed by atoms with Crippen molar-refractivity contribution < 1.29 is 18.9 Å². The number of nitrogens with one attached hydrogen (secondary N) is 5. The normalized spacial score (nSPS) is 19.2. The average molecular weight is 979 g/mol. The summed E-state index contributed by atoms with van der Waals surface area (Å²) in [5.74, 6) is 1.03. The standard InChI is InChI=1S/C49H61BrN11O4P/c1-5-31-26-40(57-48-55-30-37(50)46(59-48)56-39-12-11-38-44(54-21-20-53-38)45(39)66(3,4)64)42(65-2)27-41(31)61-22-14-33(15-23-61)51-18-19-52-34-28-49(29-34)16-24-60(25-17-49)35-8-6-32(7-9-35)36-10-13-43(62)58-47(36)63/h6-9,11-12,20-21,26-27,30,33-34,36,51-52H,5,10,13-19,22-25,28-29H2,1-4H3,(H,58,62,63)(H2,55,56,57,59). The highest BCUT2D eigenvalue weighted by Gasteiger charge is 2.45. The first-order valence-electron chi connectivity index (χ1n) is 23.4. The fourth-order valence-corrected chi connectivity index (χ4v) is 12.2. The number of carbonyl (C=O) groups excluding carboxylic acids is 2. The molecule has 0 bridgehead atoms. The molecule has 17 heteroatoms. The van der Waals surface area contributed by atoms with E-state index in [0.29, 0.717) is 74.4 Å². The Morgan fingerprint density at radius 1 is 0.864 bits per heavy atom. The molecule has 3 aliphatic heterocycles. The first kappa shape index (κ1) is 46.0. The molecule has 1 saturated carbocycles. The molecular formula is C49H61BrN11O4P. The monoisotopic (exact) mass is 977 g/mol. The second-order valence-corrected chi connectivity index (χ2v) is 22.8. The van der Waals surface area contributed by atoms with E-state index in [1.54, 1.807) is 39.0 Å². The maximum absolute atomic E-state index is 13.5. The quantitative estimate of drug-likeness (QED) is 0.0393. The fraction of sp³-hybridized carbons (Fsp3) is 0.469. The van der Waals surface area contributed by atoms with E-state index in [2.05, 4.69) is 111 Å². The molecular weight excluding hydrogens is 917 g/mol. The number of rotatable bonds is 15. The number of hydrogen-bond donors (Lipinski definition) is 5. The maximum Gasteiger partial charge on any atom is 0.234 e. The molecule has 348 valence electrons. The zero-order valence-corrected chi connectivity index (χ0v) is 40.8. The Bertz CT molecular complexity index is 2620. The van der Waals surface area contributed by atoms with Gasteiger partial charge in [-0.3, -0.25) is 24.9 Å². The number of fused-ring (bicyclic) bond motifs is 1. The first-order valence-corrected chi connectivity index (χ1v) is 26.7. The SMILES string of the molecule is CCc1cc(Nc2ncc(Br)c(Nc3ccc4nccnc4c3P(C)(C)=O)n2)c(OC)cc1N1CCC(NCCNC2CC3(CCN(c4ccc(C5CCC(=O)NC5=O)cc4)CC3)C2)CC1. The lowest BCUT2D eigenvalue weighted by atomic mass is 9.60. The van der Waals surface area contributed by atoms with Crippen molar-refractivity contribution in [1.82, 2.24) is 35.9 Å². The number of piperidine rings is 3. The molecule has 1 spiro atoms. The highest BCUT2D eigenvalue weighted by molar-refractivity contribution is 9.10. The molecule has 2 aromatic heterocycles. The second-order valence-electron chi connectivity index (χ2n) is 18.8. The van der Waals surface area contributed by atoms with Crippen molar-refractivity contribution >= 4 is 85.7 Å². The third kappa shape index (κ3) is 10.1. The van der Waals surface area contributed by atoms with Crippen molar-refractivity contribution in [2.45, 2.75) is 82.7 Å². The Hall–Kier alpha value is -5.15. The van der Waals surface area contributed by atoms with Crippen LogP contribution in [-0.2, 0) is 20.6 Å². The topological polar surface area (TPSA) is 179 Å². The van der Waals surface area contributed by atoms with E-state index in [9.17, 15) is 14.2 Å². The number of amides is 2. The molecule has 4 fully saturated rings. The van der Waals surface area contributed by atoms with Crippen LogP contribution in [-0.4, -0.2) is 104 Å². The van der Waals surface area contributed by atoms with E-state index in [-0.39, 0.29) is 17.7 Å². The maximum atomic E-state index is 13.5. The summed E-state index contributed by atoms with van der Waals surface area (Å²) in [6.45, 7) is 11.7. The van der Waals surface area contributed by atoms with Gasteiger partial charge in [0.05, 0.1) is 39.7 Å². The minimum Gasteiger partial charge on any atom is -0.494 e. The molecule has 4 aliphatic rings. The van der Waals surface area contributed by atoms with Crippen LogP contribution in [0.5, 0.6) is 5.75 Å².